The largest absolute Gasteiger partial charge is 0.381 e. The zero-order valence-corrected chi connectivity index (χ0v) is 6.18. The molecule has 0 unspecified atom stereocenters. The molecule has 0 atom stereocenters. The summed E-state index contributed by atoms with van der Waals surface area (Å²) in [6, 6.07) is 0. The standard InChI is InChI=1S/C7H15NO/c1-8-5-3-7(9-2)4-6-8/h7H,3-6H2,1-2H3/i7D. The molecule has 1 heterocycles. The Balaban J connectivity index is 2.38. The molecule has 1 aliphatic rings. The number of hydrogen-bond donors (Lipinski definition) is 0. The first-order valence-electron chi connectivity index (χ1n) is 3.90. The Morgan fingerprint density at radius 3 is 2.56 bits per heavy atom. The zero-order chi connectivity index (χ0) is 7.61. The minimum absolute atomic E-state index is 0.591. The molecule has 54 valence electrons. The smallest absolute Gasteiger partial charge is 0.0604 e. The summed E-state index contributed by atoms with van der Waals surface area (Å²) in [4.78, 5) is 2.23. The van der Waals surface area contributed by atoms with E-state index in [-0.39, 0.29) is 0 Å². The van der Waals surface area contributed by atoms with Gasteiger partial charge in [0.05, 0.1) is 7.45 Å². The number of hydrogen-bond acceptors (Lipinski definition) is 2. The molecule has 1 saturated heterocycles. The predicted molar refractivity (Wildman–Crippen MR) is 37.5 cm³/mol. The maximum absolute atomic E-state index is 7.71. The van der Waals surface area contributed by atoms with E-state index < -0.39 is 6.08 Å². The average molecular weight is 130 g/mol. The van der Waals surface area contributed by atoms with Crippen LogP contribution >= 0.6 is 0 Å². The van der Waals surface area contributed by atoms with Crippen molar-refractivity contribution in [3.8, 4) is 0 Å². The lowest BCUT2D eigenvalue weighted by atomic mass is 10.1. The second-order valence-electron chi connectivity index (χ2n) is 2.55. The van der Waals surface area contributed by atoms with Crippen molar-refractivity contribution in [3.63, 3.8) is 0 Å². The first kappa shape index (κ1) is 5.69. The summed E-state index contributed by atoms with van der Waals surface area (Å²) >= 11 is 0. The second-order valence-corrected chi connectivity index (χ2v) is 2.55. The fraction of sp³-hybridized carbons (Fsp3) is 1.00. The minimum Gasteiger partial charge on any atom is -0.381 e. The molecule has 0 amide bonds. The molecule has 0 aromatic heterocycles. The summed E-state index contributed by atoms with van der Waals surface area (Å²) in [7, 11) is 3.70. The van der Waals surface area contributed by atoms with Gasteiger partial charge in [-0.2, -0.15) is 0 Å². The van der Waals surface area contributed by atoms with Crippen molar-refractivity contribution >= 4 is 0 Å². The number of piperidine rings is 1. The average Bonchev–Trinajstić information content (AvgIpc) is 1.96. The Morgan fingerprint density at radius 1 is 1.56 bits per heavy atom. The van der Waals surface area contributed by atoms with Gasteiger partial charge in [-0.25, -0.2) is 0 Å². The third-order valence-corrected chi connectivity index (χ3v) is 1.83. The summed E-state index contributed by atoms with van der Waals surface area (Å²) in [5.41, 5.74) is 0. The van der Waals surface area contributed by atoms with Crippen molar-refractivity contribution in [1.29, 1.82) is 0 Å². The molecular formula is C7H15NO. The van der Waals surface area contributed by atoms with Crippen LogP contribution in [0.2, 0.25) is 0 Å². The van der Waals surface area contributed by atoms with Crippen LogP contribution < -0.4 is 0 Å². The summed E-state index contributed by atoms with van der Waals surface area (Å²) in [6.45, 7) is 1.97. The molecular weight excluding hydrogens is 114 g/mol. The molecule has 0 aromatic carbocycles. The van der Waals surface area contributed by atoms with E-state index >= 15 is 0 Å². The number of rotatable bonds is 1. The maximum Gasteiger partial charge on any atom is 0.0604 e. The lowest BCUT2D eigenvalue weighted by Gasteiger charge is -2.27. The summed E-state index contributed by atoms with van der Waals surface area (Å²) in [6.07, 6.45) is 1.08. The number of likely N-dealkylation sites (tertiary alicyclic amines) is 1. The van der Waals surface area contributed by atoms with E-state index in [2.05, 4.69) is 11.9 Å². The van der Waals surface area contributed by atoms with Gasteiger partial charge in [0.15, 0.2) is 0 Å². The van der Waals surface area contributed by atoms with Crippen LogP contribution in [0.5, 0.6) is 0 Å². The molecule has 0 saturated carbocycles. The van der Waals surface area contributed by atoms with Gasteiger partial charge in [0.1, 0.15) is 0 Å². The van der Waals surface area contributed by atoms with Crippen molar-refractivity contribution in [2.75, 3.05) is 27.2 Å². The Hall–Kier alpha value is -0.0800. The lowest BCUT2D eigenvalue weighted by molar-refractivity contribution is 0.0484. The predicted octanol–water partition coefficient (Wildman–Crippen LogP) is 0.727. The van der Waals surface area contributed by atoms with Crippen LogP contribution in [0.3, 0.4) is 0 Å². The first-order chi connectivity index (χ1) is 4.66. The molecule has 2 nitrogen and oxygen atoms in total. The summed E-state index contributed by atoms with van der Waals surface area (Å²) in [5, 5.41) is 0. The molecule has 2 heteroatoms. The fourth-order valence-corrected chi connectivity index (χ4v) is 1.07. The quantitative estimate of drug-likeness (QED) is 0.519. The Bertz CT molecular complexity index is 110. The molecule has 0 bridgehead atoms. The molecule has 1 rings (SSSR count). The maximum atomic E-state index is 7.71. The van der Waals surface area contributed by atoms with Gasteiger partial charge in [-0.3, -0.25) is 0 Å². The van der Waals surface area contributed by atoms with E-state index in [9.17, 15) is 0 Å². The second kappa shape index (κ2) is 3.18. The topological polar surface area (TPSA) is 12.5 Å². The third kappa shape index (κ3) is 1.95. The fourth-order valence-electron chi connectivity index (χ4n) is 1.07. The molecule has 9 heavy (non-hydrogen) atoms. The van der Waals surface area contributed by atoms with Crippen molar-refractivity contribution in [1.82, 2.24) is 4.90 Å². The van der Waals surface area contributed by atoms with E-state index in [4.69, 9.17) is 6.11 Å². The van der Waals surface area contributed by atoms with E-state index in [1.165, 1.54) is 0 Å². The third-order valence-electron chi connectivity index (χ3n) is 1.83. The minimum atomic E-state index is -0.591. The Labute approximate surface area is 58.2 Å². The van der Waals surface area contributed by atoms with Crippen LogP contribution in [-0.2, 0) is 4.74 Å². The number of methoxy groups -OCH3 is 1. The van der Waals surface area contributed by atoms with Gasteiger partial charge >= 0.3 is 0 Å². The van der Waals surface area contributed by atoms with E-state index in [0.717, 1.165) is 25.9 Å². The molecule has 1 aliphatic heterocycles. The number of nitrogens with zero attached hydrogens (tertiary/aromatic N) is 1. The van der Waals surface area contributed by atoms with Gasteiger partial charge in [0, 0.05) is 20.2 Å². The zero-order valence-electron chi connectivity index (χ0n) is 7.18. The molecule has 0 aliphatic carbocycles. The van der Waals surface area contributed by atoms with Gasteiger partial charge in [-0.15, -0.1) is 0 Å². The van der Waals surface area contributed by atoms with Crippen LogP contribution in [0.25, 0.3) is 0 Å². The molecule has 0 spiro atoms. The van der Waals surface area contributed by atoms with Crippen molar-refractivity contribution in [2.24, 2.45) is 0 Å². The molecule has 0 aromatic rings. The first-order valence-corrected chi connectivity index (χ1v) is 3.40. The van der Waals surface area contributed by atoms with Crippen LogP contribution in [0.15, 0.2) is 0 Å². The lowest BCUT2D eigenvalue weighted by Crippen LogP contribution is -2.33. The highest BCUT2D eigenvalue weighted by atomic mass is 16.5. The molecule has 1 fully saturated rings. The van der Waals surface area contributed by atoms with Gasteiger partial charge in [0.25, 0.3) is 0 Å². The van der Waals surface area contributed by atoms with Crippen LogP contribution in [-0.4, -0.2) is 38.2 Å². The van der Waals surface area contributed by atoms with E-state index in [1.54, 1.807) is 7.11 Å². The number of ether oxygens (including phenoxy) is 1. The van der Waals surface area contributed by atoms with Gasteiger partial charge in [-0.1, -0.05) is 0 Å². The highest BCUT2D eigenvalue weighted by Gasteiger charge is 2.14. The Morgan fingerprint density at radius 2 is 2.11 bits per heavy atom. The molecule has 0 radical (unpaired) electrons. The monoisotopic (exact) mass is 130 g/mol. The van der Waals surface area contributed by atoms with Crippen LogP contribution in [0.1, 0.15) is 14.2 Å². The van der Waals surface area contributed by atoms with Crippen LogP contribution in [0.4, 0.5) is 0 Å². The van der Waals surface area contributed by atoms with E-state index in [1.807, 2.05) is 0 Å². The normalized spacial score (nSPS) is 29.8. The summed E-state index contributed by atoms with van der Waals surface area (Å²) in [5.74, 6) is 0. The molecule has 0 N–H and O–H groups in total. The van der Waals surface area contributed by atoms with Crippen molar-refractivity contribution in [2.45, 2.75) is 18.9 Å². The SMILES string of the molecule is [2H]C1(OC)CCN(C)CC1. The van der Waals surface area contributed by atoms with Gasteiger partial charge in [0.2, 0.25) is 0 Å². The van der Waals surface area contributed by atoms with Crippen molar-refractivity contribution in [3.05, 3.63) is 0 Å². The highest BCUT2D eigenvalue weighted by Crippen LogP contribution is 2.10. The highest BCUT2D eigenvalue weighted by molar-refractivity contribution is 4.68. The van der Waals surface area contributed by atoms with Crippen LogP contribution in [0, 0.1) is 0 Å². The Kier molecular flexibility index (Phi) is 2.01. The van der Waals surface area contributed by atoms with Crippen molar-refractivity contribution < 1.29 is 6.11 Å². The van der Waals surface area contributed by atoms with E-state index in [0.29, 0.717) is 0 Å². The van der Waals surface area contributed by atoms with Gasteiger partial charge in [-0.05, 0) is 19.9 Å². The van der Waals surface area contributed by atoms with Gasteiger partial charge < -0.3 is 9.64 Å². The summed E-state index contributed by atoms with van der Waals surface area (Å²) < 4.78 is 12.8.